The molecule has 0 radical (unpaired) electrons. The van der Waals surface area contributed by atoms with Crippen molar-refractivity contribution >= 4 is 11.7 Å². The highest BCUT2D eigenvalue weighted by molar-refractivity contribution is 5.77. The van der Waals surface area contributed by atoms with Crippen molar-refractivity contribution in [1.29, 1.82) is 0 Å². The van der Waals surface area contributed by atoms with E-state index in [2.05, 4.69) is 0 Å². The summed E-state index contributed by atoms with van der Waals surface area (Å²) >= 11 is 0. The molecule has 18 heavy (non-hydrogen) atoms. The first-order valence-corrected chi connectivity index (χ1v) is 5.22. The summed E-state index contributed by atoms with van der Waals surface area (Å²) in [6, 6.07) is 5.67. The molecule has 1 aromatic rings. The van der Waals surface area contributed by atoms with Crippen LogP contribution in [0.5, 0.6) is 5.75 Å². The first kappa shape index (κ1) is 13.9. The molecule has 0 amide bonds. The summed E-state index contributed by atoms with van der Waals surface area (Å²) < 4.78 is 5.24. The maximum absolute atomic E-state index is 10.7. The zero-order valence-corrected chi connectivity index (χ0v) is 9.83. The van der Waals surface area contributed by atoms with Gasteiger partial charge in [0.05, 0.1) is 17.6 Å². The van der Waals surface area contributed by atoms with Crippen LogP contribution in [0.2, 0.25) is 0 Å². The van der Waals surface area contributed by atoms with Crippen LogP contribution >= 0.6 is 0 Å². The third-order valence-electron chi connectivity index (χ3n) is 2.41. The van der Waals surface area contributed by atoms with Gasteiger partial charge in [0.15, 0.2) is 0 Å². The fourth-order valence-electron chi connectivity index (χ4n) is 1.17. The highest BCUT2D eigenvalue weighted by atomic mass is 16.6. The lowest BCUT2D eigenvalue weighted by atomic mass is 10.0. The van der Waals surface area contributed by atoms with Crippen molar-refractivity contribution in [2.75, 3.05) is 6.61 Å². The Labute approximate surface area is 103 Å². The van der Waals surface area contributed by atoms with E-state index in [-0.39, 0.29) is 18.7 Å². The van der Waals surface area contributed by atoms with Crippen molar-refractivity contribution in [3.05, 3.63) is 34.4 Å². The number of hydrogen-bond acceptors (Lipinski definition) is 5. The van der Waals surface area contributed by atoms with Crippen LogP contribution in [0, 0.1) is 10.1 Å². The maximum atomic E-state index is 10.7. The molecule has 0 aromatic heterocycles. The van der Waals surface area contributed by atoms with Crippen molar-refractivity contribution in [3.63, 3.8) is 0 Å². The number of ether oxygens (including phenoxy) is 1. The molecule has 1 aromatic carbocycles. The Morgan fingerprint density at radius 1 is 1.61 bits per heavy atom. The van der Waals surface area contributed by atoms with E-state index in [4.69, 9.17) is 15.6 Å². The first-order valence-electron chi connectivity index (χ1n) is 5.22. The van der Waals surface area contributed by atoms with Crippen LogP contribution in [0.1, 0.15) is 13.3 Å². The number of carboxylic acids is 1. The Morgan fingerprint density at radius 2 is 2.28 bits per heavy atom. The van der Waals surface area contributed by atoms with E-state index >= 15 is 0 Å². The molecule has 0 aliphatic rings. The van der Waals surface area contributed by atoms with Crippen LogP contribution in [0.15, 0.2) is 24.3 Å². The Balaban J connectivity index is 2.57. The third-order valence-corrected chi connectivity index (χ3v) is 2.41. The Bertz CT molecular complexity index is 459. The lowest BCUT2D eigenvalue weighted by Gasteiger charge is -2.18. The van der Waals surface area contributed by atoms with E-state index in [0.29, 0.717) is 5.75 Å². The summed E-state index contributed by atoms with van der Waals surface area (Å²) in [6.07, 6.45) is 0.102. The highest BCUT2D eigenvalue weighted by Gasteiger charge is 2.27. The molecule has 3 N–H and O–H groups in total. The van der Waals surface area contributed by atoms with Gasteiger partial charge in [0.2, 0.25) is 0 Å². The number of nitrogens with zero attached hydrogens (tertiary/aromatic N) is 1. The fourth-order valence-corrected chi connectivity index (χ4v) is 1.17. The second-order valence-electron chi connectivity index (χ2n) is 4.08. The van der Waals surface area contributed by atoms with Crippen LogP contribution in [-0.4, -0.2) is 28.1 Å². The number of nitro groups is 1. The number of non-ortho nitro benzene ring substituents is 1. The van der Waals surface area contributed by atoms with Crippen molar-refractivity contribution in [3.8, 4) is 5.75 Å². The topological polar surface area (TPSA) is 116 Å². The monoisotopic (exact) mass is 254 g/mol. The van der Waals surface area contributed by atoms with Crippen molar-refractivity contribution in [2.24, 2.45) is 5.73 Å². The summed E-state index contributed by atoms with van der Waals surface area (Å²) in [5.74, 6) is -0.810. The van der Waals surface area contributed by atoms with Gasteiger partial charge in [-0.25, -0.2) is 0 Å². The van der Waals surface area contributed by atoms with Crippen molar-refractivity contribution < 1.29 is 19.6 Å². The summed E-state index contributed by atoms with van der Waals surface area (Å²) in [5, 5.41) is 19.3. The first-order chi connectivity index (χ1) is 8.33. The molecule has 0 aliphatic carbocycles. The predicted octanol–water partition coefficient (Wildman–Crippen LogP) is 1.17. The molecule has 1 atom stereocenters. The van der Waals surface area contributed by atoms with E-state index < -0.39 is 16.4 Å². The van der Waals surface area contributed by atoms with E-state index in [0.717, 1.165) is 0 Å². The minimum Gasteiger partial charge on any atom is -0.493 e. The zero-order valence-electron chi connectivity index (χ0n) is 9.83. The molecule has 0 bridgehead atoms. The van der Waals surface area contributed by atoms with Gasteiger partial charge in [0.1, 0.15) is 11.3 Å². The van der Waals surface area contributed by atoms with Gasteiger partial charge in [-0.2, -0.15) is 0 Å². The Morgan fingerprint density at radius 3 is 2.83 bits per heavy atom. The molecule has 1 rings (SSSR count). The van der Waals surface area contributed by atoms with E-state index in [1.165, 1.54) is 25.1 Å². The molecular weight excluding hydrogens is 240 g/mol. The number of carbonyl (C=O) groups is 1. The van der Waals surface area contributed by atoms with Gasteiger partial charge in [-0.1, -0.05) is 6.07 Å². The molecule has 0 aliphatic heterocycles. The lowest BCUT2D eigenvalue weighted by Crippen LogP contribution is -2.45. The number of benzene rings is 1. The summed E-state index contributed by atoms with van der Waals surface area (Å²) in [4.78, 5) is 20.7. The summed E-state index contributed by atoms with van der Waals surface area (Å²) in [7, 11) is 0. The smallest absolute Gasteiger partial charge is 0.323 e. The van der Waals surface area contributed by atoms with Crippen LogP contribution in [-0.2, 0) is 4.79 Å². The van der Waals surface area contributed by atoms with Crippen molar-refractivity contribution in [2.45, 2.75) is 18.9 Å². The van der Waals surface area contributed by atoms with Crippen molar-refractivity contribution in [1.82, 2.24) is 0 Å². The average Bonchev–Trinajstić information content (AvgIpc) is 2.29. The number of hydrogen-bond donors (Lipinski definition) is 2. The molecule has 0 fully saturated rings. The Hall–Kier alpha value is -2.15. The van der Waals surface area contributed by atoms with Crippen LogP contribution in [0.4, 0.5) is 5.69 Å². The lowest BCUT2D eigenvalue weighted by molar-refractivity contribution is -0.384. The third kappa shape index (κ3) is 3.70. The van der Waals surface area contributed by atoms with Crippen LogP contribution in [0.3, 0.4) is 0 Å². The second-order valence-corrected chi connectivity index (χ2v) is 4.08. The van der Waals surface area contributed by atoms with Crippen LogP contribution < -0.4 is 10.5 Å². The second kappa shape index (κ2) is 5.46. The largest absolute Gasteiger partial charge is 0.493 e. The minimum absolute atomic E-state index is 0.0699. The van der Waals surface area contributed by atoms with E-state index in [1.807, 2.05) is 0 Å². The quantitative estimate of drug-likeness (QED) is 0.581. The Kier molecular flexibility index (Phi) is 4.22. The molecule has 0 saturated heterocycles. The molecule has 7 heteroatoms. The maximum Gasteiger partial charge on any atom is 0.323 e. The van der Waals surface area contributed by atoms with E-state index in [1.54, 1.807) is 6.07 Å². The number of rotatable bonds is 6. The highest BCUT2D eigenvalue weighted by Crippen LogP contribution is 2.19. The zero-order chi connectivity index (χ0) is 13.8. The van der Waals surface area contributed by atoms with Gasteiger partial charge in [-0.15, -0.1) is 0 Å². The normalized spacial score (nSPS) is 13.7. The van der Waals surface area contributed by atoms with Gasteiger partial charge in [0.25, 0.3) is 5.69 Å². The van der Waals surface area contributed by atoms with Gasteiger partial charge in [-0.3, -0.25) is 14.9 Å². The number of carboxylic acid groups (broad SMARTS) is 1. The minimum atomic E-state index is -1.37. The number of nitro benzene ring substituents is 1. The van der Waals surface area contributed by atoms with Gasteiger partial charge < -0.3 is 15.6 Å². The van der Waals surface area contributed by atoms with Gasteiger partial charge >= 0.3 is 5.97 Å². The molecule has 0 heterocycles. The standard InChI is InChI=1S/C11H14N2O5/c1-11(12,10(14)15)5-6-18-9-4-2-3-8(7-9)13(16)17/h2-4,7H,5-6,12H2,1H3,(H,14,15). The van der Waals surface area contributed by atoms with Crippen LogP contribution in [0.25, 0.3) is 0 Å². The molecule has 0 spiro atoms. The molecule has 0 saturated carbocycles. The molecular formula is C11H14N2O5. The number of aliphatic carboxylic acids is 1. The SMILES string of the molecule is CC(N)(CCOc1cccc([N+](=O)[O-])c1)C(=O)O. The van der Waals surface area contributed by atoms with Gasteiger partial charge in [0, 0.05) is 12.5 Å². The molecule has 98 valence electrons. The average molecular weight is 254 g/mol. The molecule has 7 nitrogen and oxygen atoms in total. The fraction of sp³-hybridized carbons (Fsp3) is 0.364. The number of nitrogens with two attached hydrogens (primary N) is 1. The predicted molar refractivity (Wildman–Crippen MR) is 63.4 cm³/mol. The van der Waals surface area contributed by atoms with E-state index in [9.17, 15) is 14.9 Å². The summed E-state index contributed by atoms with van der Waals surface area (Å²) in [5.41, 5.74) is 4.06. The van der Waals surface area contributed by atoms with Gasteiger partial charge in [-0.05, 0) is 13.0 Å². The molecule has 1 unspecified atom stereocenters. The summed E-state index contributed by atoms with van der Waals surface area (Å²) in [6.45, 7) is 1.45.